The molecule has 0 radical (unpaired) electrons. The molecule has 8 heteroatoms. The van der Waals surface area contributed by atoms with Crippen LogP contribution in [0.1, 0.15) is 16.6 Å². The second kappa shape index (κ2) is 8.60. The summed E-state index contributed by atoms with van der Waals surface area (Å²) in [4.78, 5) is 35.5. The van der Waals surface area contributed by atoms with Gasteiger partial charge in [-0.2, -0.15) is 0 Å². The van der Waals surface area contributed by atoms with Gasteiger partial charge in [-0.1, -0.05) is 22.0 Å². The Morgan fingerprint density at radius 3 is 2.54 bits per heavy atom. The van der Waals surface area contributed by atoms with E-state index in [-0.39, 0.29) is 0 Å². The second-order valence-electron chi connectivity index (χ2n) is 4.68. The van der Waals surface area contributed by atoms with Crippen LogP contribution in [0.25, 0.3) is 0 Å². The molecule has 0 bridgehead atoms. The topological polar surface area (TPSA) is 81.7 Å². The molecule has 2 rings (SSSR count). The minimum absolute atomic E-state index is 0.404. The predicted molar refractivity (Wildman–Crippen MR) is 92.0 cm³/mol. The fourth-order valence-corrected chi connectivity index (χ4v) is 2.53. The maximum absolute atomic E-state index is 11.8. The van der Waals surface area contributed by atoms with E-state index in [1.165, 1.54) is 18.3 Å². The van der Waals surface area contributed by atoms with Crippen molar-refractivity contribution in [3.63, 3.8) is 0 Å². The van der Waals surface area contributed by atoms with Gasteiger partial charge in [0.2, 0.25) is 0 Å². The number of hydrogen-bond donors (Lipinski definition) is 1. The van der Waals surface area contributed by atoms with Gasteiger partial charge in [-0.3, -0.25) is 14.9 Å². The van der Waals surface area contributed by atoms with E-state index in [4.69, 9.17) is 9.47 Å². The van der Waals surface area contributed by atoms with Gasteiger partial charge < -0.3 is 9.47 Å². The summed E-state index contributed by atoms with van der Waals surface area (Å²) >= 11 is 4.51. The number of halogens is 1. The summed E-state index contributed by atoms with van der Waals surface area (Å²) in [6, 6.07) is 10.2. The zero-order valence-corrected chi connectivity index (χ0v) is 15.1. The highest BCUT2D eigenvalue weighted by Crippen LogP contribution is 2.17. The van der Waals surface area contributed by atoms with Crippen LogP contribution in [0.2, 0.25) is 0 Å². The molecule has 126 valence electrons. The van der Waals surface area contributed by atoms with Gasteiger partial charge in [-0.05, 0) is 42.6 Å². The van der Waals surface area contributed by atoms with Crippen LogP contribution in [0.15, 0.2) is 46.3 Å². The number of benzene rings is 1. The number of esters is 1. The van der Waals surface area contributed by atoms with Gasteiger partial charge in [0.05, 0.1) is 4.88 Å². The molecule has 2 aromatic rings. The Labute approximate surface area is 150 Å². The molecule has 0 unspecified atom stereocenters. The third-order valence-electron chi connectivity index (χ3n) is 2.80. The highest BCUT2D eigenvalue weighted by molar-refractivity contribution is 9.10. The van der Waals surface area contributed by atoms with E-state index < -0.39 is 30.5 Å². The van der Waals surface area contributed by atoms with Crippen LogP contribution >= 0.6 is 27.3 Å². The molecule has 0 saturated heterocycles. The first kappa shape index (κ1) is 18.2. The molecule has 0 spiro atoms. The molecule has 1 heterocycles. The third-order valence-corrected chi connectivity index (χ3v) is 4.20. The lowest BCUT2D eigenvalue weighted by atomic mass is 10.3. The number of amides is 2. The Morgan fingerprint density at radius 2 is 1.92 bits per heavy atom. The summed E-state index contributed by atoms with van der Waals surface area (Å²) in [6.45, 7) is 0.961. The number of carbonyl (C=O) groups is 3. The van der Waals surface area contributed by atoms with Crippen molar-refractivity contribution in [1.82, 2.24) is 5.32 Å². The highest BCUT2D eigenvalue weighted by Gasteiger charge is 2.19. The lowest BCUT2D eigenvalue weighted by molar-refractivity contribution is -0.154. The smallest absolute Gasteiger partial charge is 0.347 e. The van der Waals surface area contributed by atoms with Crippen LogP contribution in [-0.4, -0.2) is 30.5 Å². The standard InChI is InChI=1S/C16H14BrNO5S/c1-10(23-12-6-4-11(17)5-7-12)16(21)22-9-14(19)18-15(20)13-3-2-8-24-13/h2-8,10H,9H2,1H3,(H,18,19,20)/t10-/m1/s1. The number of hydrogen-bond acceptors (Lipinski definition) is 6. The number of nitrogens with one attached hydrogen (secondary N) is 1. The van der Waals surface area contributed by atoms with Crippen molar-refractivity contribution in [2.45, 2.75) is 13.0 Å². The van der Waals surface area contributed by atoms with E-state index in [1.807, 2.05) is 0 Å². The van der Waals surface area contributed by atoms with Crippen molar-refractivity contribution in [3.8, 4) is 5.75 Å². The van der Waals surface area contributed by atoms with Gasteiger partial charge in [-0.25, -0.2) is 4.79 Å². The van der Waals surface area contributed by atoms with Gasteiger partial charge in [0.1, 0.15) is 5.75 Å². The van der Waals surface area contributed by atoms with E-state index in [2.05, 4.69) is 21.2 Å². The molecule has 2 amide bonds. The van der Waals surface area contributed by atoms with Crippen LogP contribution in [0.5, 0.6) is 5.75 Å². The maximum atomic E-state index is 11.8. The lowest BCUT2D eigenvalue weighted by Crippen LogP contribution is -2.35. The molecule has 6 nitrogen and oxygen atoms in total. The van der Waals surface area contributed by atoms with Gasteiger partial charge in [-0.15, -0.1) is 11.3 Å². The summed E-state index contributed by atoms with van der Waals surface area (Å²) in [5, 5.41) is 3.86. The van der Waals surface area contributed by atoms with E-state index in [0.717, 1.165) is 4.47 Å². The van der Waals surface area contributed by atoms with E-state index >= 15 is 0 Å². The van der Waals surface area contributed by atoms with Crippen LogP contribution < -0.4 is 10.1 Å². The van der Waals surface area contributed by atoms with Gasteiger partial charge in [0.25, 0.3) is 11.8 Å². The largest absolute Gasteiger partial charge is 0.479 e. The van der Waals surface area contributed by atoms with Crippen molar-refractivity contribution in [1.29, 1.82) is 0 Å². The van der Waals surface area contributed by atoms with E-state index in [1.54, 1.807) is 41.8 Å². The van der Waals surface area contributed by atoms with Crippen molar-refractivity contribution < 1.29 is 23.9 Å². The molecule has 0 fully saturated rings. The SMILES string of the molecule is C[C@@H](Oc1ccc(Br)cc1)C(=O)OCC(=O)NC(=O)c1cccs1. The minimum atomic E-state index is -0.882. The quantitative estimate of drug-likeness (QED) is 0.738. The normalized spacial score (nSPS) is 11.4. The van der Waals surface area contributed by atoms with Crippen LogP contribution in [0, 0.1) is 0 Å². The molecule has 0 saturated carbocycles. The molecular formula is C16H14BrNO5S. The summed E-state index contributed by atoms with van der Waals surface area (Å²) in [5.74, 6) is -1.42. The number of thiophene rings is 1. The second-order valence-corrected chi connectivity index (χ2v) is 6.54. The van der Waals surface area contributed by atoms with Crippen LogP contribution in [0.4, 0.5) is 0 Å². The summed E-state index contributed by atoms with van der Waals surface area (Å²) in [7, 11) is 0. The molecule has 1 atom stereocenters. The first-order chi connectivity index (χ1) is 11.5. The zero-order valence-electron chi connectivity index (χ0n) is 12.7. The van der Waals surface area contributed by atoms with E-state index in [9.17, 15) is 14.4 Å². The Kier molecular flexibility index (Phi) is 6.51. The molecule has 0 aliphatic heterocycles. The van der Waals surface area contributed by atoms with E-state index in [0.29, 0.717) is 10.6 Å². The molecule has 1 aromatic heterocycles. The predicted octanol–water partition coefficient (Wildman–Crippen LogP) is 2.78. The molecule has 1 aromatic carbocycles. The van der Waals surface area contributed by atoms with Gasteiger partial charge in [0.15, 0.2) is 12.7 Å². The Balaban J connectivity index is 1.76. The first-order valence-corrected chi connectivity index (χ1v) is 8.59. The van der Waals surface area contributed by atoms with Crippen LogP contribution in [-0.2, 0) is 14.3 Å². The number of ether oxygens (including phenoxy) is 2. The maximum Gasteiger partial charge on any atom is 0.347 e. The number of carbonyl (C=O) groups excluding carboxylic acids is 3. The van der Waals surface area contributed by atoms with Crippen molar-refractivity contribution >= 4 is 45.1 Å². The van der Waals surface area contributed by atoms with Gasteiger partial charge >= 0.3 is 5.97 Å². The fraction of sp³-hybridized carbons (Fsp3) is 0.188. The third kappa shape index (κ3) is 5.47. The molecule has 0 aliphatic rings. The average molecular weight is 412 g/mol. The Morgan fingerprint density at radius 1 is 1.21 bits per heavy atom. The summed E-state index contributed by atoms with van der Waals surface area (Å²) in [6.07, 6.45) is -0.882. The summed E-state index contributed by atoms with van der Waals surface area (Å²) in [5.41, 5.74) is 0. The number of rotatable bonds is 6. The molecule has 1 N–H and O–H groups in total. The Bertz CT molecular complexity index is 715. The summed E-state index contributed by atoms with van der Waals surface area (Å²) < 4.78 is 11.1. The molecule has 0 aliphatic carbocycles. The Hall–Kier alpha value is -2.19. The average Bonchev–Trinajstić information content (AvgIpc) is 3.09. The van der Waals surface area contributed by atoms with Gasteiger partial charge in [0, 0.05) is 4.47 Å². The zero-order chi connectivity index (χ0) is 17.5. The monoisotopic (exact) mass is 411 g/mol. The fourth-order valence-electron chi connectivity index (χ4n) is 1.65. The molecule has 24 heavy (non-hydrogen) atoms. The molecular weight excluding hydrogens is 398 g/mol. The minimum Gasteiger partial charge on any atom is -0.479 e. The number of imide groups is 1. The van der Waals surface area contributed by atoms with Crippen molar-refractivity contribution in [2.24, 2.45) is 0 Å². The van der Waals surface area contributed by atoms with Crippen molar-refractivity contribution in [3.05, 3.63) is 51.1 Å². The highest BCUT2D eigenvalue weighted by atomic mass is 79.9. The first-order valence-electron chi connectivity index (χ1n) is 6.92. The van der Waals surface area contributed by atoms with Crippen LogP contribution in [0.3, 0.4) is 0 Å². The lowest BCUT2D eigenvalue weighted by Gasteiger charge is -2.13. The van der Waals surface area contributed by atoms with Crippen molar-refractivity contribution in [2.75, 3.05) is 6.61 Å².